The maximum absolute atomic E-state index is 12.2. The molecule has 1 saturated heterocycles. The van der Waals surface area contributed by atoms with Crippen LogP contribution in [0.4, 0.5) is 5.69 Å². The van der Waals surface area contributed by atoms with Gasteiger partial charge in [-0.15, -0.1) is 12.4 Å². The minimum atomic E-state index is 0. The SMILES string of the molecule is Cc1cccc(Cl)c1NC(=O)CN1C(C)CCC1C.Cl. The Morgan fingerprint density at radius 3 is 2.50 bits per heavy atom. The van der Waals surface area contributed by atoms with Gasteiger partial charge >= 0.3 is 0 Å². The number of anilines is 1. The molecule has 0 spiro atoms. The van der Waals surface area contributed by atoms with E-state index in [0.29, 0.717) is 23.7 Å². The molecule has 0 saturated carbocycles. The van der Waals surface area contributed by atoms with Gasteiger partial charge in [0.1, 0.15) is 0 Å². The molecule has 0 aliphatic carbocycles. The second-order valence-corrected chi connectivity index (χ2v) is 5.83. The minimum Gasteiger partial charge on any atom is -0.323 e. The normalized spacial score (nSPS) is 22.4. The molecule has 1 fully saturated rings. The summed E-state index contributed by atoms with van der Waals surface area (Å²) < 4.78 is 0. The van der Waals surface area contributed by atoms with Crippen molar-refractivity contribution in [3.8, 4) is 0 Å². The number of carbonyl (C=O) groups is 1. The summed E-state index contributed by atoms with van der Waals surface area (Å²) in [6.07, 6.45) is 2.33. The second-order valence-electron chi connectivity index (χ2n) is 5.43. The molecule has 3 nitrogen and oxygen atoms in total. The van der Waals surface area contributed by atoms with Crippen LogP contribution in [0.1, 0.15) is 32.3 Å². The Bertz CT molecular complexity index is 449. The molecule has 1 aromatic carbocycles. The molecule has 0 radical (unpaired) electrons. The first-order valence-corrected chi connectivity index (χ1v) is 7.17. The summed E-state index contributed by atoms with van der Waals surface area (Å²) in [6.45, 7) is 6.74. The van der Waals surface area contributed by atoms with E-state index in [1.165, 1.54) is 12.8 Å². The van der Waals surface area contributed by atoms with Crippen molar-refractivity contribution in [1.82, 2.24) is 4.90 Å². The molecule has 1 heterocycles. The van der Waals surface area contributed by atoms with Crippen molar-refractivity contribution in [2.75, 3.05) is 11.9 Å². The Hall–Kier alpha value is -0.770. The van der Waals surface area contributed by atoms with Gasteiger partial charge in [0, 0.05) is 12.1 Å². The number of carbonyl (C=O) groups excluding carboxylic acids is 1. The first kappa shape index (κ1) is 17.3. The fraction of sp³-hybridized carbons (Fsp3) is 0.533. The lowest BCUT2D eigenvalue weighted by Gasteiger charge is -2.25. The van der Waals surface area contributed by atoms with Crippen LogP contribution >= 0.6 is 24.0 Å². The van der Waals surface area contributed by atoms with E-state index in [2.05, 4.69) is 24.1 Å². The molecular formula is C15H22Cl2N2O. The van der Waals surface area contributed by atoms with Gasteiger partial charge in [-0.2, -0.15) is 0 Å². The molecule has 0 bridgehead atoms. The lowest BCUT2D eigenvalue weighted by atomic mass is 10.2. The van der Waals surface area contributed by atoms with E-state index in [4.69, 9.17) is 11.6 Å². The Morgan fingerprint density at radius 2 is 1.95 bits per heavy atom. The fourth-order valence-electron chi connectivity index (χ4n) is 2.70. The fourth-order valence-corrected chi connectivity index (χ4v) is 2.96. The molecular weight excluding hydrogens is 295 g/mol. The Labute approximate surface area is 132 Å². The van der Waals surface area contributed by atoms with Crippen LogP contribution in [-0.2, 0) is 4.79 Å². The summed E-state index contributed by atoms with van der Waals surface area (Å²) in [6, 6.07) is 6.59. The van der Waals surface area contributed by atoms with E-state index in [0.717, 1.165) is 11.3 Å². The third-order valence-corrected chi connectivity index (χ3v) is 4.26. The lowest BCUT2D eigenvalue weighted by Crippen LogP contribution is -2.39. The maximum Gasteiger partial charge on any atom is 0.238 e. The third kappa shape index (κ3) is 3.87. The van der Waals surface area contributed by atoms with Crippen molar-refractivity contribution in [3.05, 3.63) is 28.8 Å². The number of hydrogen-bond donors (Lipinski definition) is 1. The highest BCUT2D eigenvalue weighted by molar-refractivity contribution is 6.33. The first-order chi connectivity index (χ1) is 8.99. The van der Waals surface area contributed by atoms with Crippen molar-refractivity contribution in [2.24, 2.45) is 0 Å². The average molecular weight is 317 g/mol. The van der Waals surface area contributed by atoms with E-state index in [1.807, 2.05) is 19.1 Å². The smallest absolute Gasteiger partial charge is 0.238 e. The molecule has 20 heavy (non-hydrogen) atoms. The summed E-state index contributed by atoms with van der Waals surface area (Å²) in [7, 11) is 0. The number of hydrogen-bond acceptors (Lipinski definition) is 2. The maximum atomic E-state index is 12.2. The van der Waals surface area contributed by atoms with E-state index < -0.39 is 0 Å². The summed E-state index contributed by atoms with van der Waals surface area (Å²) in [4.78, 5) is 14.4. The molecule has 1 aliphatic rings. The number of amides is 1. The topological polar surface area (TPSA) is 32.3 Å². The highest BCUT2D eigenvalue weighted by Crippen LogP contribution is 2.26. The largest absolute Gasteiger partial charge is 0.323 e. The zero-order valence-electron chi connectivity index (χ0n) is 12.1. The van der Waals surface area contributed by atoms with Gasteiger partial charge in [-0.1, -0.05) is 23.7 Å². The zero-order chi connectivity index (χ0) is 14.0. The predicted molar refractivity (Wildman–Crippen MR) is 86.9 cm³/mol. The molecule has 112 valence electrons. The Balaban J connectivity index is 0.00000200. The van der Waals surface area contributed by atoms with Crippen LogP contribution < -0.4 is 5.32 Å². The van der Waals surface area contributed by atoms with Gasteiger partial charge < -0.3 is 5.32 Å². The van der Waals surface area contributed by atoms with Crippen molar-refractivity contribution < 1.29 is 4.79 Å². The van der Waals surface area contributed by atoms with E-state index in [-0.39, 0.29) is 18.3 Å². The molecule has 1 amide bonds. The zero-order valence-corrected chi connectivity index (χ0v) is 13.7. The molecule has 2 atom stereocenters. The first-order valence-electron chi connectivity index (χ1n) is 6.79. The monoisotopic (exact) mass is 316 g/mol. The summed E-state index contributed by atoms with van der Waals surface area (Å²) >= 11 is 6.12. The van der Waals surface area contributed by atoms with Crippen LogP contribution in [-0.4, -0.2) is 29.4 Å². The predicted octanol–water partition coefficient (Wildman–Crippen LogP) is 3.88. The summed E-state index contributed by atoms with van der Waals surface area (Å²) in [5.41, 5.74) is 1.72. The van der Waals surface area contributed by atoms with Crippen molar-refractivity contribution in [2.45, 2.75) is 45.7 Å². The van der Waals surface area contributed by atoms with E-state index in [1.54, 1.807) is 6.07 Å². The molecule has 1 aliphatic heterocycles. The van der Waals surface area contributed by atoms with Crippen molar-refractivity contribution >= 4 is 35.6 Å². The lowest BCUT2D eigenvalue weighted by molar-refractivity contribution is -0.117. The van der Waals surface area contributed by atoms with Crippen LogP contribution in [0.2, 0.25) is 5.02 Å². The van der Waals surface area contributed by atoms with E-state index in [9.17, 15) is 4.79 Å². The highest BCUT2D eigenvalue weighted by Gasteiger charge is 2.28. The Morgan fingerprint density at radius 1 is 1.35 bits per heavy atom. The number of benzene rings is 1. The van der Waals surface area contributed by atoms with Gasteiger partial charge in [0.25, 0.3) is 0 Å². The van der Waals surface area contributed by atoms with Gasteiger partial charge in [0.2, 0.25) is 5.91 Å². The van der Waals surface area contributed by atoms with Crippen LogP contribution in [0.5, 0.6) is 0 Å². The number of aryl methyl sites for hydroxylation is 1. The molecule has 5 heteroatoms. The van der Waals surface area contributed by atoms with Crippen LogP contribution in [0.3, 0.4) is 0 Å². The number of halogens is 2. The molecule has 1 N–H and O–H groups in total. The molecule has 2 unspecified atom stereocenters. The number of rotatable bonds is 3. The molecule has 2 rings (SSSR count). The second kappa shape index (κ2) is 7.30. The molecule has 0 aromatic heterocycles. The van der Waals surface area contributed by atoms with Crippen molar-refractivity contribution in [1.29, 1.82) is 0 Å². The number of nitrogens with one attached hydrogen (secondary N) is 1. The Kier molecular flexibility index (Phi) is 6.31. The average Bonchev–Trinajstić information content (AvgIpc) is 2.66. The molecule has 1 aromatic rings. The van der Waals surface area contributed by atoms with Gasteiger partial charge in [-0.05, 0) is 45.2 Å². The van der Waals surface area contributed by atoms with E-state index >= 15 is 0 Å². The quantitative estimate of drug-likeness (QED) is 0.917. The highest BCUT2D eigenvalue weighted by atomic mass is 35.5. The van der Waals surface area contributed by atoms with Gasteiger partial charge in [0.05, 0.1) is 17.3 Å². The number of nitrogens with zero attached hydrogens (tertiary/aromatic N) is 1. The summed E-state index contributed by atoms with van der Waals surface area (Å²) in [5.74, 6) is 0.0109. The van der Waals surface area contributed by atoms with Gasteiger partial charge in [0.15, 0.2) is 0 Å². The van der Waals surface area contributed by atoms with Crippen molar-refractivity contribution in [3.63, 3.8) is 0 Å². The number of para-hydroxylation sites is 1. The minimum absolute atomic E-state index is 0. The van der Waals surface area contributed by atoms with Crippen LogP contribution in [0.15, 0.2) is 18.2 Å². The third-order valence-electron chi connectivity index (χ3n) is 3.95. The standard InChI is InChI=1S/C15H21ClN2O.ClH/c1-10-5-4-6-13(16)15(10)17-14(19)9-18-11(2)7-8-12(18)3;/h4-6,11-12H,7-9H2,1-3H3,(H,17,19);1H. The van der Waals surface area contributed by atoms with Gasteiger partial charge in [-0.25, -0.2) is 0 Å². The number of likely N-dealkylation sites (tertiary alicyclic amines) is 1. The summed E-state index contributed by atoms with van der Waals surface area (Å²) in [5, 5.41) is 3.53. The van der Waals surface area contributed by atoms with Crippen LogP contribution in [0.25, 0.3) is 0 Å². The van der Waals surface area contributed by atoms with Crippen LogP contribution in [0, 0.1) is 6.92 Å². The van der Waals surface area contributed by atoms with Gasteiger partial charge in [-0.3, -0.25) is 9.69 Å².